The first-order valence-corrected chi connectivity index (χ1v) is 7.28. The Hall–Kier alpha value is -1.59. The number of nitrogens with one attached hydrogen (secondary N) is 1. The molecule has 1 aromatic carbocycles. The summed E-state index contributed by atoms with van der Waals surface area (Å²) in [6.07, 6.45) is 2.45. The van der Waals surface area contributed by atoms with Gasteiger partial charge in [0.2, 0.25) is 0 Å². The highest BCUT2D eigenvalue weighted by Gasteiger charge is 2.25. The van der Waals surface area contributed by atoms with E-state index in [-0.39, 0.29) is 24.1 Å². The molecule has 0 radical (unpaired) electrons. The van der Waals surface area contributed by atoms with Crippen LogP contribution in [0.25, 0.3) is 0 Å². The highest BCUT2D eigenvalue weighted by atomic mass is 16.5. The molecule has 21 heavy (non-hydrogen) atoms. The van der Waals surface area contributed by atoms with Gasteiger partial charge in [-0.25, -0.2) is 0 Å². The molecular formula is C16H24N2O3. The summed E-state index contributed by atoms with van der Waals surface area (Å²) in [5.74, 6) is 0.806. The lowest BCUT2D eigenvalue weighted by atomic mass is 10.0. The van der Waals surface area contributed by atoms with Gasteiger partial charge in [-0.1, -0.05) is 0 Å². The third kappa shape index (κ3) is 4.19. The Morgan fingerprint density at radius 1 is 1.33 bits per heavy atom. The lowest BCUT2D eigenvalue weighted by Crippen LogP contribution is -2.34. The van der Waals surface area contributed by atoms with Crippen LogP contribution in [0.3, 0.4) is 0 Å². The number of hydrogen-bond acceptors (Lipinski definition) is 4. The molecule has 0 saturated carbocycles. The molecule has 1 aromatic rings. The average Bonchev–Trinajstić information content (AvgIpc) is 2.43. The first-order chi connectivity index (χ1) is 9.99. The largest absolute Gasteiger partial charge is 0.496 e. The van der Waals surface area contributed by atoms with E-state index >= 15 is 0 Å². The third-order valence-corrected chi connectivity index (χ3v) is 3.72. The standard InChI is InChI=1S/C16H24N2O3/c1-10-6-14(7-11(2)21-10)20-9-13-8-12(16(17)18)4-5-15(13)19-3/h4-5,8,10-11,14H,6-7,9H2,1-3H3,(H3,17,18). The third-order valence-electron chi connectivity index (χ3n) is 3.72. The normalized spacial score (nSPS) is 25.6. The van der Waals surface area contributed by atoms with Crippen LogP contribution in [0.1, 0.15) is 37.8 Å². The lowest BCUT2D eigenvalue weighted by Gasteiger charge is -2.32. The molecule has 1 aliphatic rings. The molecule has 2 atom stereocenters. The first kappa shape index (κ1) is 15.8. The molecule has 3 N–H and O–H groups in total. The molecule has 1 fully saturated rings. The predicted octanol–water partition coefficient (Wildman–Crippen LogP) is 2.45. The Bertz CT molecular complexity index is 494. The summed E-state index contributed by atoms with van der Waals surface area (Å²) in [7, 11) is 1.63. The van der Waals surface area contributed by atoms with Crippen molar-refractivity contribution in [3.8, 4) is 5.75 Å². The molecule has 0 spiro atoms. The molecule has 1 aliphatic heterocycles. The van der Waals surface area contributed by atoms with Crippen molar-refractivity contribution >= 4 is 5.84 Å². The molecule has 0 aromatic heterocycles. The van der Waals surface area contributed by atoms with Crippen molar-refractivity contribution in [1.82, 2.24) is 0 Å². The van der Waals surface area contributed by atoms with Gasteiger partial charge in [-0.15, -0.1) is 0 Å². The number of ether oxygens (including phenoxy) is 3. The van der Waals surface area contributed by atoms with E-state index in [9.17, 15) is 0 Å². The molecule has 0 bridgehead atoms. The van der Waals surface area contributed by atoms with Crippen LogP contribution in [0.2, 0.25) is 0 Å². The second-order valence-corrected chi connectivity index (χ2v) is 5.60. The van der Waals surface area contributed by atoms with Gasteiger partial charge >= 0.3 is 0 Å². The number of methoxy groups -OCH3 is 1. The minimum absolute atomic E-state index is 0.0483. The van der Waals surface area contributed by atoms with Crippen molar-refractivity contribution in [2.45, 2.75) is 51.6 Å². The zero-order valence-electron chi connectivity index (χ0n) is 12.9. The van der Waals surface area contributed by atoms with E-state index in [1.54, 1.807) is 13.2 Å². The molecule has 116 valence electrons. The Balaban J connectivity index is 2.04. The second-order valence-electron chi connectivity index (χ2n) is 5.60. The van der Waals surface area contributed by atoms with E-state index in [0.29, 0.717) is 12.2 Å². The summed E-state index contributed by atoms with van der Waals surface area (Å²) in [5.41, 5.74) is 7.13. The van der Waals surface area contributed by atoms with Crippen LogP contribution >= 0.6 is 0 Å². The van der Waals surface area contributed by atoms with Crippen molar-refractivity contribution in [2.24, 2.45) is 5.73 Å². The number of amidine groups is 1. The number of hydrogen-bond donors (Lipinski definition) is 2. The molecule has 2 rings (SSSR count). The van der Waals surface area contributed by atoms with Crippen LogP contribution < -0.4 is 10.5 Å². The number of rotatable bonds is 5. The minimum Gasteiger partial charge on any atom is -0.496 e. The van der Waals surface area contributed by atoms with Crippen molar-refractivity contribution in [1.29, 1.82) is 5.41 Å². The van der Waals surface area contributed by atoms with Crippen molar-refractivity contribution in [3.63, 3.8) is 0 Å². The minimum atomic E-state index is 0.0483. The van der Waals surface area contributed by atoms with Gasteiger partial charge in [0.15, 0.2) is 0 Å². The van der Waals surface area contributed by atoms with E-state index < -0.39 is 0 Å². The fourth-order valence-corrected chi connectivity index (χ4v) is 2.75. The molecular weight excluding hydrogens is 268 g/mol. The van der Waals surface area contributed by atoms with Gasteiger partial charge < -0.3 is 19.9 Å². The topological polar surface area (TPSA) is 77.6 Å². The summed E-state index contributed by atoms with van der Waals surface area (Å²) in [4.78, 5) is 0. The van der Waals surface area contributed by atoms with Crippen LogP contribution in [0.15, 0.2) is 18.2 Å². The van der Waals surface area contributed by atoms with Crippen molar-refractivity contribution in [3.05, 3.63) is 29.3 Å². The highest BCUT2D eigenvalue weighted by molar-refractivity contribution is 5.95. The number of nitrogens with two attached hydrogens (primary N) is 1. The van der Waals surface area contributed by atoms with Crippen molar-refractivity contribution < 1.29 is 14.2 Å². The summed E-state index contributed by atoms with van der Waals surface area (Å²) >= 11 is 0. The SMILES string of the molecule is COc1ccc(C(=N)N)cc1COC1CC(C)OC(C)C1. The maximum Gasteiger partial charge on any atom is 0.124 e. The first-order valence-electron chi connectivity index (χ1n) is 7.28. The van der Waals surface area contributed by atoms with E-state index in [1.165, 1.54) is 0 Å². The summed E-state index contributed by atoms with van der Waals surface area (Å²) in [6, 6.07) is 5.46. The van der Waals surface area contributed by atoms with Gasteiger partial charge in [-0.3, -0.25) is 5.41 Å². The van der Waals surface area contributed by atoms with Crippen LogP contribution in [0.4, 0.5) is 0 Å². The van der Waals surface area contributed by atoms with E-state index in [4.69, 9.17) is 25.4 Å². The zero-order valence-corrected chi connectivity index (χ0v) is 12.9. The monoisotopic (exact) mass is 292 g/mol. The van der Waals surface area contributed by atoms with Crippen LogP contribution in [0.5, 0.6) is 5.75 Å². The summed E-state index contributed by atoms with van der Waals surface area (Å²) < 4.78 is 17.1. The van der Waals surface area contributed by atoms with Gasteiger partial charge in [0.25, 0.3) is 0 Å². The second kappa shape index (κ2) is 6.91. The summed E-state index contributed by atoms with van der Waals surface area (Å²) in [5, 5.41) is 7.52. The highest BCUT2D eigenvalue weighted by Crippen LogP contribution is 2.25. The molecule has 1 saturated heterocycles. The fourth-order valence-electron chi connectivity index (χ4n) is 2.75. The molecule has 1 heterocycles. The van der Waals surface area contributed by atoms with Gasteiger partial charge in [0, 0.05) is 11.1 Å². The van der Waals surface area contributed by atoms with Crippen molar-refractivity contribution in [2.75, 3.05) is 7.11 Å². The molecule has 2 unspecified atom stereocenters. The van der Waals surface area contributed by atoms with Crippen LogP contribution in [-0.4, -0.2) is 31.3 Å². The maximum atomic E-state index is 7.52. The van der Waals surface area contributed by atoms with E-state index in [1.807, 2.05) is 12.1 Å². The Morgan fingerprint density at radius 2 is 2.00 bits per heavy atom. The fraction of sp³-hybridized carbons (Fsp3) is 0.562. The molecule has 0 amide bonds. The molecule has 5 heteroatoms. The van der Waals surface area contributed by atoms with E-state index in [0.717, 1.165) is 24.2 Å². The van der Waals surface area contributed by atoms with Gasteiger partial charge in [0.1, 0.15) is 11.6 Å². The Morgan fingerprint density at radius 3 is 2.57 bits per heavy atom. The number of benzene rings is 1. The van der Waals surface area contributed by atoms with Gasteiger partial charge in [-0.2, -0.15) is 0 Å². The van der Waals surface area contributed by atoms with Crippen LogP contribution in [0, 0.1) is 5.41 Å². The smallest absolute Gasteiger partial charge is 0.124 e. The zero-order chi connectivity index (χ0) is 15.4. The van der Waals surface area contributed by atoms with Gasteiger partial charge in [0.05, 0.1) is 32.0 Å². The quantitative estimate of drug-likeness (QED) is 0.645. The summed E-state index contributed by atoms with van der Waals surface area (Å²) in [6.45, 7) is 4.60. The Kier molecular flexibility index (Phi) is 5.20. The maximum absolute atomic E-state index is 7.52. The van der Waals surface area contributed by atoms with E-state index in [2.05, 4.69) is 13.8 Å². The average molecular weight is 292 g/mol. The lowest BCUT2D eigenvalue weighted by molar-refractivity contribution is -0.106. The molecule has 5 nitrogen and oxygen atoms in total. The Labute approximate surface area is 125 Å². The predicted molar refractivity (Wildman–Crippen MR) is 81.8 cm³/mol. The van der Waals surface area contributed by atoms with Crippen LogP contribution in [-0.2, 0) is 16.1 Å². The van der Waals surface area contributed by atoms with Gasteiger partial charge in [-0.05, 0) is 44.9 Å². The molecule has 0 aliphatic carbocycles. The number of nitrogen functional groups attached to an aromatic ring is 1.